The quantitative estimate of drug-likeness (QED) is 0.586. The molecule has 0 aromatic heterocycles. The molecule has 0 amide bonds. The van der Waals surface area contributed by atoms with Crippen molar-refractivity contribution in [2.75, 3.05) is 18.9 Å². The zero-order valence-corrected chi connectivity index (χ0v) is 12.0. The van der Waals surface area contributed by atoms with Gasteiger partial charge in [0.15, 0.2) is 0 Å². The van der Waals surface area contributed by atoms with E-state index in [2.05, 4.69) is 11.4 Å². The highest BCUT2D eigenvalue weighted by molar-refractivity contribution is 5.54. The van der Waals surface area contributed by atoms with Crippen molar-refractivity contribution in [2.45, 2.75) is 51.5 Å². The first-order valence-electron chi connectivity index (χ1n) is 7.54. The Morgan fingerprint density at radius 2 is 2.11 bits per heavy atom. The predicted molar refractivity (Wildman–Crippen MR) is 80.6 cm³/mol. The van der Waals surface area contributed by atoms with Gasteiger partial charge in [-0.1, -0.05) is 18.9 Å². The van der Waals surface area contributed by atoms with E-state index < -0.39 is 0 Å². The van der Waals surface area contributed by atoms with Gasteiger partial charge in [-0.2, -0.15) is 0 Å². The molecular weight excluding hydrogens is 236 g/mol. The van der Waals surface area contributed by atoms with Crippen molar-refractivity contribution in [1.29, 1.82) is 0 Å². The summed E-state index contributed by atoms with van der Waals surface area (Å²) in [5.41, 5.74) is 8.02. The molecular formula is C16H26N2O. The van der Waals surface area contributed by atoms with Crippen molar-refractivity contribution in [1.82, 2.24) is 5.32 Å². The van der Waals surface area contributed by atoms with Crippen LogP contribution in [0.3, 0.4) is 0 Å². The summed E-state index contributed by atoms with van der Waals surface area (Å²) in [5.74, 6) is 0.801. The Morgan fingerprint density at radius 1 is 1.32 bits per heavy atom. The van der Waals surface area contributed by atoms with Gasteiger partial charge in [-0.3, -0.25) is 0 Å². The van der Waals surface area contributed by atoms with Gasteiger partial charge in [0.1, 0.15) is 5.75 Å². The van der Waals surface area contributed by atoms with E-state index in [1.807, 2.05) is 19.1 Å². The van der Waals surface area contributed by atoms with E-state index in [0.29, 0.717) is 6.61 Å². The third kappa shape index (κ3) is 4.43. The average molecular weight is 262 g/mol. The second-order valence-electron chi connectivity index (χ2n) is 5.34. The Labute approximate surface area is 116 Å². The maximum absolute atomic E-state index is 5.97. The zero-order chi connectivity index (χ0) is 13.5. The average Bonchev–Trinajstić information content (AvgIpc) is 2.91. The molecule has 0 heterocycles. The molecule has 2 rings (SSSR count). The third-order valence-corrected chi connectivity index (χ3v) is 3.80. The third-order valence-electron chi connectivity index (χ3n) is 3.80. The molecule has 1 aliphatic carbocycles. The van der Waals surface area contributed by atoms with Crippen LogP contribution in [0.2, 0.25) is 0 Å². The van der Waals surface area contributed by atoms with Crippen LogP contribution in [0.15, 0.2) is 18.2 Å². The van der Waals surface area contributed by atoms with Crippen LogP contribution in [0.1, 0.15) is 44.6 Å². The maximum atomic E-state index is 5.97. The smallest absolute Gasteiger partial charge is 0.142 e. The van der Waals surface area contributed by atoms with E-state index in [-0.39, 0.29) is 0 Å². The van der Waals surface area contributed by atoms with Gasteiger partial charge < -0.3 is 15.8 Å². The highest BCUT2D eigenvalue weighted by Crippen LogP contribution is 2.23. The predicted octanol–water partition coefficient (Wildman–Crippen LogP) is 3.13. The highest BCUT2D eigenvalue weighted by Gasteiger charge is 2.13. The van der Waals surface area contributed by atoms with Crippen molar-refractivity contribution in [3.63, 3.8) is 0 Å². The number of hydrogen-bond acceptors (Lipinski definition) is 3. The first-order valence-corrected chi connectivity index (χ1v) is 7.54. The van der Waals surface area contributed by atoms with Crippen LogP contribution in [-0.2, 0) is 6.42 Å². The molecule has 0 unspecified atom stereocenters. The number of aryl methyl sites for hydroxylation is 1. The van der Waals surface area contributed by atoms with Crippen LogP contribution in [0.5, 0.6) is 5.75 Å². The maximum Gasteiger partial charge on any atom is 0.142 e. The van der Waals surface area contributed by atoms with Gasteiger partial charge in [0.2, 0.25) is 0 Å². The number of rotatable bonds is 7. The van der Waals surface area contributed by atoms with E-state index in [9.17, 15) is 0 Å². The van der Waals surface area contributed by atoms with Gasteiger partial charge in [-0.05, 0) is 56.8 Å². The summed E-state index contributed by atoms with van der Waals surface area (Å²) in [5, 5.41) is 3.64. The van der Waals surface area contributed by atoms with Crippen molar-refractivity contribution in [3.8, 4) is 5.75 Å². The van der Waals surface area contributed by atoms with Gasteiger partial charge >= 0.3 is 0 Å². The highest BCUT2D eigenvalue weighted by atomic mass is 16.5. The Bertz CT molecular complexity index is 386. The molecule has 3 heteroatoms. The summed E-state index contributed by atoms with van der Waals surface area (Å²) in [6, 6.07) is 6.92. The normalized spacial score (nSPS) is 15.8. The lowest BCUT2D eigenvalue weighted by molar-refractivity contribution is 0.342. The van der Waals surface area contributed by atoms with Crippen molar-refractivity contribution in [3.05, 3.63) is 23.8 Å². The number of hydrogen-bond donors (Lipinski definition) is 2. The first-order chi connectivity index (χ1) is 9.29. The van der Waals surface area contributed by atoms with Crippen molar-refractivity contribution in [2.24, 2.45) is 0 Å². The summed E-state index contributed by atoms with van der Waals surface area (Å²) in [7, 11) is 0. The summed E-state index contributed by atoms with van der Waals surface area (Å²) >= 11 is 0. The van der Waals surface area contributed by atoms with Crippen molar-refractivity contribution >= 4 is 5.69 Å². The minimum absolute atomic E-state index is 0.662. The molecule has 1 aromatic rings. The molecule has 1 fully saturated rings. The van der Waals surface area contributed by atoms with E-state index in [1.54, 1.807) is 0 Å². The zero-order valence-electron chi connectivity index (χ0n) is 12.0. The fraction of sp³-hybridized carbons (Fsp3) is 0.625. The van der Waals surface area contributed by atoms with Crippen LogP contribution in [-0.4, -0.2) is 19.2 Å². The minimum atomic E-state index is 0.662. The van der Waals surface area contributed by atoms with Crippen LogP contribution < -0.4 is 15.8 Å². The molecule has 0 aliphatic heterocycles. The number of nitrogens with one attached hydrogen (secondary N) is 1. The second kappa shape index (κ2) is 7.39. The van der Waals surface area contributed by atoms with Gasteiger partial charge in [-0.25, -0.2) is 0 Å². The van der Waals surface area contributed by atoms with Gasteiger partial charge in [0.25, 0.3) is 0 Å². The molecule has 0 bridgehead atoms. The fourth-order valence-corrected chi connectivity index (χ4v) is 2.77. The molecule has 0 radical (unpaired) electrons. The molecule has 1 aliphatic rings. The molecule has 19 heavy (non-hydrogen) atoms. The molecule has 0 atom stereocenters. The second-order valence-corrected chi connectivity index (χ2v) is 5.34. The summed E-state index contributed by atoms with van der Waals surface area (Å²) < 4.78 is 5.45. The minimum Gasteiger partial charge on any atom is -0.492 e. The molecule has 106 valence electrons. The summed E-state index contributed by atoms with van der Waals surface area (Å²) in [4.78, 5) is 0. The number of nitrogen functional groups attached to an aromatic ring is 1. The lowest BCUT2D eigenvalue weighted by atomic mass is 10.1. The molecule has 1 aromatic carbocycles. The lowest BCUT2D eigenvalue weighted by Gasteiger charge is -2.12. The summed E-state index contributed by atoms with van der Waals surface area (Å²) in [6.45, 7) is 3.74. The van der Waals surface area contributed by atoms with Gasteiger partial charge in [0.05, 0.1) is 12.3 Å². The topological polar surface area (TPSA) is 47.3 Å². The van der Waals surface area contributed by atoms with Crippen molar-refractivity contribution < 1.29 is 4.74 Å². The standard InChI is InChI=1S/C16H26N2O/c1-2-19-16-10-9-13(12-15(16)17)6-5-11-18-14-7-3-4-8-14/h9-10,12,14,18H,2-8,11,17H2,1H3. The Morgan fingerprint density at radius 3 is 2.79 bits per heavy atom. The molecule has 0 saturated heterocycles. The van der Waals surface area contributed by atoms with E-state index >= 15 is 0 Å². The van der Waals surface area contributed by atoms with Crippen LogP contribution in [0.4, 0.5) is 5.69 Å². The van der Waals surface area contributed by atoms with E-state index in [0.717, 1.165) is 30.4 Å². The van der Waals surface area contributed by atoms with E-state index in [4.69, 9.17) is 10.5 Å². The SMILES string of the molecule is CCOc1ccc(CCCNC2CCCC2)cc1N. The monoisotopic (exact) mass is 262 g/mol. The number of nitrogens with two attached hydrogens (primary N) is 1. The van der Waals surface area contributed by atoms with E-state index in [1.165, 1.54) is 37.7 Å². The van der Waals surface area contributed by atoms with Gasteiger partial charge in [0, 0.05) is 6.04 Å². The molecule has 3 N–H and O–H groups in total. The fourth-order valence-electron chi connectivity index (χ4n) is 2.77. The first kappa shape index (κ1) is 14.2. The number of anilines is 1. The number of ether oxygens (including phenoxy) is 1. The largest absolute Gasteiger partial charge is 0.492 e. The summed E-state index contributed by atoms with van der Waals surface area (Å²) in [6.07, 6.45) is 7.76. The van der Waals surface area contributed by atoms with Crippen LogP contribution in [0.25, 0.3) is 0 Å². The van der Waals surface area contributed by atoms with Gasteiger partial charge in [-0.15, -0.1) is 0 Å². The Balaban J connectivity index is 1.71. The number of benzene rings is 1. The molecule has 0 spiro atoms. The lowest BCUT2D eigenvalue weighted by Crippen LogP contribution is -2.27. The Kier molecular flexibility index (Phi) is 5.52. The molecule has 3 nitrogen and oxygen atoms in total. The Hall–Kier alpha value is -1.22. The van der Waals surface area contributed by atoms with Crippen LogP contribution >= 0.6 is 0 Å². The molecule has 1 saturated carbocycles. The van der Waals surface area contributed by atoms with Crippen LogP contribution in [0, 0.1) is 0 Å².